The van der Waals surface area contributed by atoms with E-state index in [1.165, 1.54) is 12.4 Å². The smallest absolute Gasteiger partial charge is 0.254 e. The molecular weight excluding hydrogens is 258 g/mol. The molecule has 1 amide bonds. The second-order valence-electron chi connectivity index (χ2n) is 5.08. The zero-order valence-corrected chi connectivity index (χ0v) is 12.0. The molecule has 6 nitrogen and oxygen atoms in total. The molecule has 1 atom stereocenters. The summed E-state index contributed by atoms with van der Waals surface area (Å²) >= 11 is 0. The van der Waals surface area contributed by atoms with Crippen LogP contribution in [-0.4, -0.2) is 61.6 Å². The lowest BCUT2D eigenvalue weighted by Gasteiger charge is -2.39. The maximum absolute atomic E-state index is 12.3. The van der Waals surface area contributed by atoms with E-state index in [4.69, 9.17) is 4.74 Å². The Morgan fingerprint density at radius 2 is 2.15 bits per heavy atom. The maximum Gasteiger partial charge on any atom is 0.254 e. The van der Waals surface area contributed by atoms with Gasteiger partial charge in [-0.25, -0.2) is 0 Å². The van der Waals surface area contributed by atoms with Gasteiger partial charge < -0.3 is 14.8 Å². The summed E-state index contributed by atoms with van der Waals surface area (Å²) in [5.74, 6) is -0.0103. The highest BCUT2D eigenvalue weighted by Gasteiger charge is 2.27. The van der Waals surface area contributed by atoms with E-state index in [2.05, 4.69) is 11.8 Å². The molecule has 1 unspecified atom stereocenters. The summed E-state index contributed by atoms with van der Waals surface area (Å²) in [6.07, 6.45) is 2.71. The number of ether oxygens (including phenoxy) is 1. The number of amides is 1. The van der Waals surface area contributed by atoms with Crippen LogP contribution < -0.4 is 4.73 Å². The molecule has 1 aromatic heterocycles. The van der Waals surface area contributed by atoms with E-state index in [0.29, 0.717) is 36.0 Å². The van der Waals surface area contributed by atoms with Crippen molar-refractivity contribution in [3.8, 4) is 0 Å². The number of hydrogen-bond donors (Lipinski definition) is 0. The molecule has 2 heterocycles. The highest BCUT2D eigenvalue weighted by atomic mass is 16.5. The van der Waals surface area contributed by atoms with Crippen molar-refractivity contribution in [1.29, 1.82) is 0 Å². The summed E-state index contributed by atoms with van der Waals surface area (Å²) in [4.78, 5) is 16.5. The lowest BCUT2D eigenvalue weighted by atomic mass is 10.1. The number of nitrogens with zero attached hydrogens (tertiary/aromatic N) is 3. The Morgan fingerprint density at radius 1 is 1.45 bits per heavy atom. The molecule has 0 bridgehead atoms. The van der Waals surface area contributed by atoms with Crippen molar-refractivity contribution in [2.75, 3.05) is 39.9 Å². The Hall–Kier alpha value is -1.66. The summed E-state index contributed by atoms with van der Waals surface area (Å²) < 4.78 is 5.78. The Balaban J connectivity index is 1.95. The second kappa shape index (κ2) is 6.67. The van der Waals surface area contributed by atoms with Crippen molar-refractivity contribution >= 4 is 5.91 Å². The largest absolute Gasteiger partial charge is 0.619 e. The summed E-state index contributed by atoms with van der Waals surface area (Å²) in [5.41, 5.74) is 0.564. The predicted octanol–water partition coefficient (Wildman–Crippen LogP) is 0.113. The molecule has 1 aliphatic heterocycles. The first-order chi connectivity index (χ1) is 9.61. The monoisotopic (exact) mass is 279 g/mol. The lowest BCUT2D eigenvalue weighted by Crippen LogP contribution is -2.54. The fourth-order valence-corrected chi connectivity index (χ4v) is 2.46. The van der Waals surface area contributed by atoms with Crippen molar-refractivity contribution in [3.05, 3.63) is 35.3 Å². The molecule has 1 fully saturated rings. The second-order valence-corrected chi connectivity index (χ2v) is 5.08. The molecule has 0 aliphatic carbocycles. The lowest BCUT2D eigenvalue weighted by molar-refractivity contribution is -0.605. The molecule has 110 valence electrons. The summed E-state index contributed by atoms with van der Waals surface area (Å²) in [5, 5.41) is 11.0. The van der Waals surface area contributed by atoms with Crippen LogP contribution in [0.3, 0.4) is 0 Å². The summed E-state index contributed by atoms with van der Waals surface area (Å²) in [6, 6.07) is 3.45. The van der Waals surface area contributed by atoms with Crippen LogP contribution in [0.4, 0.5) is 0 Å². The van der Waals surface area contributed by atoms with E-state index in [-0.39, 0.29) is 5.91 Å². The average molecular weight is 279 g/mol. The van der Waals surface area contributed by atoms with Gasteiger partial charge in [-0.2, -0.15) is 4.73 Å². The number of aromatic nitrogens is 1. The standard InChI is InChI=1S/C14H21N3O3/c1-12-11-16(8-7-15(12)9-10-20-2)14(18)13-3-5-17(19)6-4-13/h3-6,12H,7-11H2,1-2H3. The fourth-order valence-electron chi connectivity index (χ4n) is 2.46. The van der Waals surface area contributed by atoms with Crippen molar-refractivity contribution in [1.82, 2.24) is 9.80 Å². The van der Waals surface area contributed by atoms with E-state index in [0.717, 1.165) is 13.1 Å². The topological polar surface area (TPSA) is 59.7 Å². The molecule has 0 N–H and O–H groups in total. The molecule has 2 rings (SSSR count). The van der Waals surface area contributed by atoms with Crippen molar-refractivity contribution in [3.63, 3.8) is 0 Å². The summed E-state index contributed by atoms with van der Waals surface area (Å²) in [7, 11) is 1.70. The van der Waals surface area contributed by atoms with Gasteiger partial charge in [0.15, 0.2) is 12.4 Å². The van der Waals surface area contributed by atoms with Gasteiger partial charge in [0.25, 0.3) is 5.91 Å². The molecule has 0 spiro atoms. The van der Waals surface area contributed by atoms with Gasteiger partial charge >= 0.3 is 0 Å². The Bertz CT molecular complexity index is 449. The van der Waals surface area contributed by atoms with Gasteiger partial charge in [0, 0.05) is 51.5 Å². The van der Waals surface area contributed by atoms with E-state index in [1.807, 2.05) is 4.90 Å². The van der Waals surface area contributed by atoms with Crippen LogP contribution in [0.2, 0.25) is 0 Å². The van der Waals surface area contributed by atoms with Crippen molar-refractivity contribution < 1.29 is 14.3 Å². The highest BCUT2D eigenvalue weighted by Crippen LogP contribution is 2.12. The minimum Gasteiger partial charge on any atom is -0.619 e. The van der Waals surface area contributed by atoms with Gasteiger partial charge in [0.2, 0.25) is 0 Å². The van der Waals surface area contributed by atoms with Crippen LogP contribution in [0.5, 0.6) is 0 Å². The predicted molar refractivity (Wildman–Crippen MR) is 74.2 cm³/mol. The van der Waals surface area contributed by atoms with Gasteiger partial charge in [0.05, 0.1) is 12.2 Å². The van der Waals surface area contributed by atoms with Crippen LogP contribution in [0.1, 0.15) is 17.3 Å². The molecular formula is C14H21N3O3. The Morgan fingerprint density at radius 3 is 2.75 bits per heavy atom. The molecule has 0 saturated carbocycles. The third kappa shape index (κ3) is 3.46. The third-order valence-electron chi connectivity index (χ3n) is 3.68. The van der Waals surface area contributed by atoms with Crippen LogP contribution in [-0.2, 0) is 4.74 Å². The van der Waals surface area contributed by atoms with Gasteiger partial charge in [-0.15, -0.1) is 0 Å². The van der Waals surface area contributed by atoms with Crippen molar-refractivity contribution in [2.45, 2.75) is 13.0 Å². The summed E-state index contributed by atoms with van der Waals surface area (Å²) in [6.45, 7) is 5.98. The maximum atomic E-state index is 12.3. The molecule has 1 aromatic rings. The van der Waals surface area contributed by atoms with Gasteiger partial charge in [-0.1, -0.05) is 0 Å². The number of carbonyl (C=O) groups is 1. The number of carbonyl (C=O) groups excluding carboxylic acids is 1. The van der Waals surface area contributed by atoms with E-state index >= 15 is 0 Å². The average Bonchev–Trinajstić information content (AvgIpc) is 2.46. The van der Waals surface area contributed by atoms with Crippen LogP contribution in [0, 0.1) is 5.21 Å². The first-order valence-electron chi connectivity index (χ1n) is 6.83. The Labute approximate surface area is 119 Å². The van der Waals surface area contributed by atoms with E-state index in [1.54, 1.807) is 19.2 Å². The first kappa shape index (κ1) is 14.7. The molecule has 20 heavy (non-hydrogen) atoms. The van der Waals surface area contributed by atoms with E-state index < -0.39 is 0 Å². The zero-order chi connectivity index (χ0) is 14.5. The van der Waals surface area contributed by atoms with Gasteiger partial charge in [-0.3, -0.25) is 9.69 Å². The zero-order valence-electron chi connectivity index (χ0n) is 12.0. The van der Waals surface area contributed by atoms with Crippen LogP contribution in [0.25, 0.3) is 0 Å². The normalized spacial score (nSPS) is 20.1. The molecule has 1 saturated heterocycles. The number of piperazine rings is 1. The molecule has 0 aromatic carbocycles. The minimum atomic E-state index is -0.0103. The number of rotatable bonds is 4. The Kier molecular flexibility index (Phi) is 4.92. The van der Waals surface area contributed by atoms with E-state index in [9.17, 15) is 10.0 Å². The third-order valence-corrected chi connectivity index (χ3v) is 3.68. The molecule has 6 heteroatoms. The first-order valence-corrected chi connectivity index (χ1v) is 6.83. The van der Waals surface area contributed by atoms with Crippen molar-refractivity contribution in [2.24, 2.45) is 0 Å². The fraction of sp³-hybridized carbons (Fsp3) is 0.571. The van der Waals surface area contributed by atoms with Crippen LogP contribution >= 0.6 is 0 Å². The number of hydrogen-bond acceptors (Lipinski definition) is 4. The quantitative estimate of drug-likeness (QED) is 0.580. The van der Waals surface area contributed by atoms with Gasteiger partial charge in [-0.05, 0) is 6.92 Å². The molecule has 0 radical (unpaired) electrons. The minimum absolute atomic E-state index is 0.0103. The molecule has 1 aliphatic rings. The highest BCUT2D eigenvalue weighted by molar-refractivity contribution is 5.94. The van der Waals surface area contributed by atoms with Gasteiger partial charge in [0.1, 0.15) is 0 Å². The van der Waals surface area contributed by atoms with Crippen LogP contribution in [0.15, 0.2) is 24.5 Å². The number of pyridine rings is 1. The number of methoxy groups -OCH3 is 1. The SMILES string of the molecule is COCCN1CCN(C(=O)c2cc[n+]([O-])cc2)CC1C.